The molecule has 1 saturated heterocycles. The monoisotopic (exact) mass is 403 g/mol. The highest BCUT2D eigenvalue weighted by molar-refractivity contribution is 5.96. The summed E-state index contributed by atoms with van der Waals surface area (Å²) < 4.78 is 5.00. The van der Waals surface area contributed by atoms with Crippen LogP contribution in [0.3, 0.4) is 0 Å². The summed E-state index contributed by atoms with van der Waals surface area (Å²) in [6.45, 7) is 9.13. The van der Waals surface area contributed by atoms with Crippen molar-refractivity contribution in [2.75, 3.05) is 25.0 Å². The van der Waals surface area contributed by atoms with Crippen molar-refractivity contribution in [3.05, 3.63) is 28.8 Å². The van der Waals surface area contributed by atoms with Gasteiger partial charge in [-0.05, 0) is 45.7 Å². The van der Waals surface area contributed by atoms with Crippen LogP contribution < -0.4 is 10.6 Å². The Kier molecular flexibility index (Phi) is 7.36. The molecule has 8 heteroatoms. The fourth-order valence-corrected chi connectivity index (χ4v) is 3.43. The molecule has 1 aliphatic rings. The molecule has 1 fully saturated rings. The number of amides is 3. The van der Waals surface area contributed by atoms with Crippen molar-refractivity contribution in [1.82, 2.24) is 10.2 Å². The van der Waals surface area contributed by atoms with E-state index in [0.717, 1.165) is 22.4 Å². The molecular weight excluding hydrogens is 374 g/mol. The quantitative estimate of drug-likeness (QED) is 0.671. The van der Waals surface area contributed by atoms with Gasteiger partial charge >= 0.3 is 5.97 Å². The van der Waals surface area contributed by atoms with Crippen LogP contribution in [0.25, 0.3) is 0 Å². The van der Waals surface area contributed by atoms with Crippen molar-refractivity contribution in [3.63, 3.8) is 0 Å². The minimum Gasteiger partial charge on any atom is -0.455 e. The van der Waals surface area contributed by atoms with Gasteiger partial charge in [0.05, 0.1) is 12.5 Å². The van der Waals surface area contributed by atoms with Gasteiger partial charge in [-0.15, -0.1) is 0 Å². The first kappa shape index (κ1) is 22.4. The third kappa shape index (κ3) is 6.04. The van der Waals surface area contributed by atoms with Gasteiger partial charge in [0.15, 0.2) is 6.61 Å². The zero-order valence-corrected chi connectivity index (χ0v) is 17.6. The number of nitrogens with zero attached hydrogens (tertiary/aromatic N) is 1. The molecule has 0 aromatic heterocycles. The van der Waals surface area contributed by atoms with Crippen LogP contribution in [-0.2, 0) is 23.9 Å². The Bertz CT molecular complexity index is 796. The maximum Gasteiger partial charge on any atom is 0.311 e. The summed E-state index contributed by atoms with van der Waals surface area (Å²) in [7, 11) is 0. The molecule has 158 valence electrons. The van der Waals surface area contributed by atoms with Crippen LogP contribution in [0.1, 0.15) is 37.0 Å². The summed E-state index contributed by atoms with van der Waals surface area (Å²) in [5.41, 5.74) is 3.71. The van der Waals surface area contributed by atoms with Gasteiger partial charge in [0.1, 0.15) is 0 Å². The van der Waals surface area contributed by atoms with Gasteiger partial charge in [0.2, 0.25) is 11.8 Å². The van der Waals surface area contributed by atoms with Gasteiger partial charge in [0, 0.05) is 24.7 Å². The first-order chi connectivity index (χ1) is 13.6. The number of hydrogen-bond donors (Lipinski definition) is 2. The molecule has 1 unspecified atom stereocenters. The highest BCUT2D eigenvalue weighted by Crippen LogP contribution is 2.22. The Labute approximate surface area is 171 Å². The third-order valence-corrected chi connectivity index (χ3v) is 4.85. The molecule has 1 aromatic carbocycles. The van der Waals surface area contributed by atoms with Gasteiger partial charge in [-0.1, -0.05) is 17.7 Å². The second-order valence-electron chi connectivity index (χ2n) is 7.75. The smallest absolute Gasteiger partial charge is 0.311 e. The van der Waals surface area contributed by atoms with Crippen LogP contribution in [0.4, 0.5) is 5.69 Å². The zero-order valence-electron chi connectivity index (χ0n) is 17.6. The van der Waals surface area contributed by atoms with E-state index < -0.39 is 24.4 Å². The van der Waals surface area contributed by atoms with Gasteiger partial charge in [0.25, 0.3) is 5.91 Å². The first-order valence-electron chi connectivity index (χ1n) is 9.69. The molecule has 0 bridgehead atoms. The summed E-state index contributed by atoms with van der Waals surface area (Å²) in [6, 6.07) is 3.95. The van der Waals surface area contributed by atoms with E-state index in [2.05, 4.69) is 10.6 Å². The average Bonchev–Trinajstić information content (AvgIpc) is 3.03. The Morgan fingerprint density at radius 2 is 1.76 bits per heavy atom. The molecule has 0 aliphatic carbocycles. The van der Waals surface area contributed by atoms with E-state index in [1.807, 2.05) is 46.8 Å². The van der Waals surface area contributed by atoms with E-state index >= 15 is 0 Å². The molecule has 0 radical (unpaired) electrons. The lowest BCUT2D eigenvalue weighted by atomic mass is 10.1. The van der Waals surface area contributed by atoms with E-state index in [4.69, 9.17) is 4.74 Å². The lowest BCUT2D eigenvalue weighted by Crippen LogP contribution is -2.36. The fourth-order valence-electron chi connectivity index (χ4n) is 3.43. The molecule has 1 heterocycles. The number of ether oxygens (including phenoxy) is 1. The number of likely N-dealkylation sites (tertiary alicyclic amines) is 1. The largest absolute Gasteiger partial charge is 0.455 e. The highest BCUT2D eigenvalue weighted by atomic mass is 16.5. The first-order valence-corrected chi connectivity index (χ1v) is 9.69. The second-order valence-corrected chi connectivity index (χ2v) is 7.75. The van der Waals surface area contributed by atoms with Crippen molar-refractivity contribution in [1.29, 1.82) is 0 Å². The number of aryl methyl sites for hydroxylation is 3. The van der Waals surface area contributed by atoms with Crippen LogP contribution in [0.2, 0.25) is 0 Å². The maximum atomic E-state index is 12.1. The maximum absolute atomic E-state index is 12.1. The van der Waals surface area contributed by atoms with Crippen molar-refractivity contribution < 1.29 is 23.9 Å². The number of carbonyl (C=O) groups excluding carboxylic acids is 4. The molecular formula is C21H29N3O5. The predicted octanol–water partition coefficient (Wildman–Crippen LogP) is 1.47. The number of hydrogen-bond acceptors (Lipinski definition) is 5. The Morgan fingerprint density at radius 1 is 1.14 bits per heavy atom. The lowest BCUT2D eigenvalue weighted by molar-refractivity contribution is -0.152. The SMILES string of the molecule is Cc1cc(C)c(NC(=O)CNC(=O)COC(=O)C2CC(=O)N(C(C)C)C2)c(C)c1. The van der Waals surface area contributed by atoms with E-state index in [0.29, 0.717) is 6.54 Å². The number of carbonyl (C=O) groups is 4. The topological polar surface area (TPSA) is 105 Å². The number of rotatable bonds is 7. The van der Waals surface area contributed by atoms with Crippen molar-refractivity contribution >= 4 is 29.4 Å². The second kappa shape index (κ2) is 9.54. The minimum atomic E-state index is -0.577. The van der Waals surface area contributed by atoms with Crippen molar-refractivity contribution in [2.24, 2.45) is 5.92 Å². The standard InChI is InChI=1S/C21H29N3O5/c1-12(2)24-10-16(8-19(24)27)21(28)29-11-18(26)22-9-17(25)23-20-14(4)6-13(3)7-15(20)5/h6-7,12,16H,8-11H2,1-5H3,(H,22,26)(H,23,25). The summed E-state index contributed by atoms with van der Waals surface area (Å²) >= 11 is 0. The van der Waals surface area contributed by atoms with Gasteiger partial charge in [-0.3, -0.25) is 19.2 Å². The van der Waals surface area contributed by atoms with E-state index in [1.54, 1.807) is 4.90 Å². The molecule has 0 saturated carbocycles. The number of esters is 1. The molecule has 8 nitrogen and oxygen atoms in total. The summed E-state index contributed by atoms with van der Waals surface area (Å²) in [5.74, 6) is -2.17. The number of nitrogens with one attached hydrogen (secondary N) is 2. The van der Waals surface area contributed by atoms with Crippen molar-refractivity contribution in [2.45, 2.75) is 47.1 Å². The van der Waals surface area contributed by atoms with Crippen molar-refractivity contribution in [3.8, 4) is 0 Å². The molecule has 3 amide bonds. The molecule has 1 aromatic rings. The molecule has 1 aliphatic heterocycles. The number of benzene rings is 1. The van der Waals surface area contributed by atoms with E-state index in [1.165, 1.54) is 0 Å². The van der Waals surface area contributed by atoms with E-state index in [9.17, 15) is 19.2 Å². The van der Waals surface area contributed by atoms with E-state index in [-0.39, 0.29) is 30.8 Å². The molecule has 2 N–H and O–H groups in total. The molecule has 1 atom stereocenters. The van der Waals surface area contributed by atoms with Crippen LogP contribution in [0.15, 0.2) is 12.1 Å². The third-order valence-electron chi connectivity index (χ3n) is 4.85. The summed E-state index contributed by atoms with van der Waals surface area (Å²) in [6.07, 6.45) is 0.0935. The van der Waals surface area contributed by atoms with Crippen LogP contribution in [0, 0.1) is 26.7 Å². The van der Waals surface area contributed by atoms with Crippen LogP contribution in [0.5, 0.6) is 0 Å². The zero-order chi connectivity index (χ0) is 21.7. The Morgan fingerprint density at radius 3 is 2.31 bits per heavy atom. The van der Waals surface area contributed by atoms with Crippen LogP contribution >= 0.6 is 0 Å². The Balaban J connectivity index is 1.75. The van der Waals surface area contributed by atoms with Gasteiger partial charge < -0.3 is 20.3 Å². The predicted molar refractivity (Wildman–Crippen MR) is 108 cm³/mol. The lowest BCUT2D eigenvalue weighted by Gasteiger charge is -2.20. The normalized spacial score (nSPS) is 16.1. The number of anilines is 1. The molecule has 29 heavy (non-hydrogen) atoms. The van der Waals surface area contributed by atoms with Gasteiger partial charge in [-0.2, -0.15) is 0 Å². The average molecular weight is 403 g/mol. The van der Waals surface area contributed by atoms with Gasteiger partial charge in [-0.25, -0.2) is 0 Å². The van der Waals surface area contributed by atoms with Crippen LogP contribution in [-0.4, -0.2) is 54.3 Å². The molecule has 2 rings (SSSR count). The summed E-state index contributed by atoms with van der Waals surface area (Å²) in [5, 5.41) is 5.22. The Hall–Kier alpha value is -2.90. The minimum absolute atomic E-state index is 0.0166. The summed E-state index contributed by atoms with van der Waals surface area (Å²) in [4.78, 5) is 49.6. The molecule has 0 spiro atoms. The highest BCUT2D eigenvalue weighted by Gasteiger charge is 2.36. The fraction of sp³-hybridized carbons (Fsp3) is 0.524.